The van der Waals surface area contributed by atoms with Gasteiger partial charge in [0, 0.05) is 25.2 Å². The summed E-state index contributed by atoms with van der Waals surface area (Å²) in [5.74, 6) is -1.58. The molecule has 1 fully saturated rings. The fourth-order valence-corrected chi connectivity index (χ4v) is 4.37. The van der Waals surface area contributed by atoms with Crippen molar-refractivity contribution < 1.29 is 23.1 Å². The summed E-state index contributed by atoms with van der Waals surface area (Å²) in [4.78, 5) is 25.2. The number of carboxylic acids is 1. The Balaban J connectivity index is 1.84. The molecule has 130 valence electrons. The highest BCUT2D eigenvalue weighted by Gasteiger charge is 2.32. The van der Waals surface area contributed by atoms with Gasteiger partial charge >= 0.3 is 5.97 Å². The van der Waals surface area contributed by atoms with E-state index in [0.717, 1.165) is 12.0 Å². The summed E-state index contributed by atoms with van der Waals surface area (Å²) in [5.41, 5.74) is 1.95. The standard InChI is InChI=1S/C16H20N2O5S/c1-24(22,23)18-7-2-3-11-9-12(4-5-14(11)18)15(19)17-8-6-13(10-17)16(20)21/h4-5,9,13H,2-3,6-8,10H2,1H3,(H,20,21)/t13-/m1/s1. The summed E-state index contributed by atoms with van der Waals surface area (Å²) in [5, 5.41) is 9.05. The van der Waals surface area contributed by atoms with Crippen LogP contribution in [0.2, 0.25) is 0 Å². The van der Waals surface area contributed by atoms with E-state index in [9.17, 15) is 18.0 Å². The van der Waals surface area contributed by atoms with Crippen LogP contribution in [-0.2, 0) is 21.2 Å². The Kier molecular flexibility index (Phi) is 4.25. The molecule has 1 N–H and O–H groups in total. The van der Waals surface area contributed by atoms with Gasteiger partial charge in [-0.15, -0.1) is 0 Å². The van der Waals surface area contributed by atoms with Gasteiger partial charge in [-0.05, 0) is 43.0 Å². The molecule has 7 nitrogen and oxygen atoms in total. The van der Waals surface area contributed by atoms with E-state index in [-0.39, 0.29) is 12.5 Å². The van der Waals surface area contributed by atoms with E-state index in [2.05, 4.69) is 0 Å². The minimum absolute atomic E-state index is 0.196. The van der Waals surface area contributed by atoms with Crippen LogP contribution in [0, 0.1) is 5.92 Å². The molecule has 1 amide bonds. The van der Waals surface area contributed by atoms with Crippen LogP contribution in [0.3, 0.4) is 0 Å². The number of fused-ring (bicyclic) bond motifs is 1. The van der Waals surface area contributed by atoms with E-state index < -0.39 is 21.9 Å². The van der Waals surface area contributed by atoms with Crippen molar-refractivity contribution in [3.63, 3.8) is 0 Å². The van der Waals surface area contributed by atoms with Crippen LogP contribution in [0.15, 0.2) is 18.2 Å². The number of aliphatic carboxylic acids is 1. The van der Waals surface area contributed by atoms with Crippen LogP contribution in [0.25, 0.3) is 0 Å². The van der Waals surface area contributed by atoms with Gasteiger partial charge in [0.25, 0.3) is 5.91 Å². The number of anilines is 1. The first-order valence-electron chi connectivity index (χ1n) is 7.90. The fourth-order valence-electron chi connectivity index (χ4n) is 3.37. The highest BCUT2D eigenvalue weighted by molar-refractivity contribution is 7.92. The molecule has 2 aliphatic rings. The predicted octanol–water partition coefficient (Wildman–Crippen LogP) is 0.946. The quantitative estimate of drug-likeness (QED) is 0.874. The Labute approximate surface area is 140 Å². The zero-order valence-electron chi connectivity index (χ0n) is 13.4. The SMILES string of the molecule is CS(=O)(=O)N1CCCc2cc(C(=O)N3CC[C@@H](C(=O)O)C3)ccc21. The number of hydrogen-bond acceptors (Lipinski definition) is 4. The molecule has 2 heterocycles. The molecule has 24 heavy (non-hydrogen) atoms. The number of amides is 1. The summed E-state index contributed by atoms with van der Waals surface area (Å²) < 4.78 is 25.1. The summed E-state index contributed by atoms with van der Waals surface area (Å²) in [6.07, 6.45) is 3.08. The van der Waals surface area contributed by atoms with Crippen molar-refractivity contribution in [2.45, 2.75) is 19.3 Å². The van der Waals surface area contributed by atoms with Gasteiger partial charge < -0.3 is 10.0 Å². The second kappa shape index (κ2) is 6.08. The van der Waals surface area contributed by atoms with Crippen molar-refractivity contribution in [2.75, 3.05) is 30.2 Å². The lowest BCUT2D eigenvalue weighted by atomic mass is 10.0. The van der Waals surface area contributed by atoms with Crippen molar-refractivity contribution in [1.29, 1.82) is 0 Å². The highest BCUT2D eigenvalue weighted by Crippen LogP contribution is 2.30. The van der Waals surface area contributed by atoms with E-state index in [0.29, 0.717) is 37.2 Å². The topological polar surface area (TPSA) is 95.0 Å². The zero-order chi connectivity index (χ0) is 17.5. The number of likely N-dealkylation sites (tertiary alicyclic amines) is 1. The number of hydrogen-bond donors (Lipinski definition) is 1. The van der Waals surface area contributed by atoms with Crippen molar-refractivity contribution in [3.8, 4) is 0 Å². The smallest absolute Gasteiger partial charge is 0.308 e. The van der Waals surface area contributed by atoms with Crippen molar-refractivity contribution in [1.82, 2.24) is 4.90 Å². The van der Waals surface area contributed by atoms with Gasteiger partial charge in [-0.25, -0.2) is 8.42 Å². The zero-order valence-corrected chi connectivity index (χ0v) is 14.3. The predicted molar refractivity (Wildman–Crippen MR) is 88.6 cm³/mol. The molecule has 0 bridgehead atoms. The maximum absolute atomic E-state index is 12.6. The average molecular weight is 352 g/mol. The third-order valence-electron chi connectivity index (χ3n) is 4.63. The largest absolute Gasteiger partial charge is 0.481 e. The van der Waals surface area contributed by atoms with Crippen LogP contribution in [-0.4, -0.2) is 56.2 Å². The van der Waals surface area contributed by atoms with Gasteiger partial charge in [0.1, 0.15) is 0 Å². The van der Waals surface area contributed by atoms with Gasteiger partial charge in [0.05, 0.1) is 17.9 Å². The number of carbonyl (C=O) groups excluding carboxylic acids is 1. The second-order valence-electron chi connectivity index (χ2n) is 6.36. The average Bonchev–Trinajstić information content (AvgIpc) is 3.02. The molecule has 0 aliphatic carbocycles. The van der Waals surface area contributed by atoms with Crippen molar-refractivity contribution in [2.24, 2.45) is 5.92 Å². The molecule has 0 radical (unpaired) electrons. The molecular formula is C16H20N2O5S. The lowest BCUT2D eigenvalue weighted by Gasteiger charge is -2.29. The molecule has 1 aromatic rings. The van der Waals surface area contributed by atoms with Crippen LogP contribution in [0.1, 0.15) is 28.8 Å². The number of sulfonamides is 1. The molecular weight excluding hydrogens is 332 g/mol. The normalized spacial score (nSPS) is 20.8. The molecule has 0 spiro atoms. The fraction of sp³-hybridized carbons (Fsp3) is 0.500. The van der Waals surface area contributed by atoms with Crippen LogP contribution in [0.4, 0.5) is 5.69 Å². The summed E-state index contributed by atoms with van der Waals surface area (Å²) in [7, 11) is -3.33. The number of carboxylic acid groups (broad SMARTS) is 1. The molecule has 0 saturated carbocycles. The molecule has 1 aromatic carbocycles. The van der Waals surface area contributed by atoms with Gasteiger partial charge in [-0.1, -0.05) is 0 Å². The first-order chi connectivity index (χ1) is 11.3. The van der Waals surface area contributed by atoms with Gasteiger partial charge in [0.15, 0.2) is 0 Å². The van der Waals surface area contributed by atoms with Gasteiger partial charge in [-0.3, -0.25) is 13.9 Å². The summed E-state index contributed by atoms with van der Waals surface area (Å²) >= 11 is 0. The molecule has 2 aliphatic heterocycles. The molecule has 1 atom stereocenters. The lowest BCUT2D eigenvalue weighted by molar-refractivity contribution is -0.141. The molecule has 1 saturated heterocycles. The Morgan fingerprint density at radius 3 is 2.62 bits per heavy atom. The molecule has 8 heteroatoms. The Bertz CT molecular complexity index is 790. The maximum Gasteiger partial charge on any atom is 0.308 e. The molecule has 0 aromatic heterocycles. The van der Waals surface area contributed by atoms with E-state index in [1.807, 2.05) is 0 Å². The lowest BCUT2D eigenvalue weighted by Crippen LogP contribution is -2.35. The van der Waals surface area contributed by atoms with Crippen LogP contribution < -0.4 is 4.31 Å². The third kappa shape index (κ3) is 3.10. The third-order valence-corrected chi connectivity index (χ3v) is 5.81. The molecule has 3 rings (SSSR count). The number of aryl methyl sites for hydroxylation is 1. The van der Waals surface area contributed by atoms with Crippen LogP contribution in [0.5, 0.6) is 0 Å². The Morgan fingerprint density at radius 1 is 1.25 bits per heavy atom. The van der Waals surface area contributed by atoms with Crippen LogP contribution >= 0.6 is 0 Å². The number of benzene rings is 1. The van der Waals surface area contributed by atoms with Gasteiger partial charge in [0.2, 0.25) is 10.0 Å². The minimum atomic E-state index is -3.33. The first-order valence-corrected chi connectivity index (χ1v) is 9.75. The van der Waals surface area contributed by atoms with E-state index in [1.165, 1.54) is 10.6 Å². The Hall–Kier alpha value is -2.09. The maximum atomic E-state index is 12.6. The summed E-state index contributed by atoms with van der Waals surface area (Å²) in [6, 6.07) is 5.04. The second-order valence-corrected chi connectivity index (χ2v) is 8.26. The van der Waals surface area contributed by atoms with Crippen molar-refractivity contribution >= 4 is 27.6 Å². The first kappa shape index (κ1) is 16.8. The van der Waals surface area contributed by atoms with E-state index in [1.54, 1.807) is 23.1 Å². The van der Waals surface area contributed by atoms with E-state index in [4.69, 9.17) is 5.11 Å². The molecule has 0 unspecified atom stereocenters. The highest BCUT2D eigenvalue weighted by atomic mass is 32.2. The minimum Gasteiger partial charge on any atom is -0.481 e. The van der Waals surface area contributed by atoms with Gasteiger partial charge in [-0.2, -0.15) is 0 Å². The van der Waals surface area contributed by atoms with Crippen molar-refractivity contribution in [3.05, 3.63) is 29.3 Å². The Morgan fingerprint density at radius 2 is 2.00 bits per heavy atom. The summed E-state index contributed by atoms with van der Waals surface area (Å²) in [6.45, 7) is 1.11. The number of rotatable bonds is 3. The monoisotopic (exact) mass is 352 g/mol. The number of nitrogens with zero attached hydrogens (tertiary/aromatic N) is 2. The van der Waals surface area contributed by atoms with E-state index >= 15 is 0 Å². The number of carbonyl (C=O) groups is 2.